The Morgan fingerprint density at radius 2 is 1.96 bits per heavy atom. The molecule has 2 aromatic rings. The third-order valence-electron chi connectivity index (χ3n) is 3.21. The van der Waals surface area contributed by atoms with E-state index in [9.17, 15) is 9.59 Å². The average Bonchev–Trinajstić information content (AvgIpc) is 2.60. The van der Waals surface area contributed by atoms with Crippen LogP contribution in [0.4, 0.5) is 5.69 Å². The van der Waals surface area contributed by atoms with Crippen molar-refractivity contribution in [3.63, 3.8) is 0 Å². The third kappa shape index (κ3) is 5.90. The fourth-order valence-corrected chi connectivity index (χ4v) is 2.31. The highest BCUT2D eigenvalue weighted by atomic mass is 79.9. The molecule has 25 heavy (non-hydrogen) atoms. The Morgan fingerprint density at radius 1 is 1.24 bits per heavy atom. The number of ether oxygens (including phenoxy) is 1. The minimum atomic E-state index is -0.933. The Hall–Kier alpha value is -2.91. The topological polar surface area (TPSA) is 79.2 Å². The summed E-state index contributed by atoms with van der Waals surface area (Å²) < 4.78 is 5.91. The Kier molecular flexibility index (Phi) is 6.49. The molecule has 0 spiro atoms. The summed E-state index contributed by atoms with van der Waals surface area (Å²) >= 11 is 3.32. The fourth-order valence-electron chi connectivity index (χ4n) is 1.91. The van der Waals surface area contributed by atoms with Gasteiger partial charge in [0.05, 0.1) is 11.6 Å². The maximum atomic E-state index is 12.0. The van der Waals surface area contributed by atoms with Gasteiger partial charge in [0.15, 0.2) is 6.10 Å². The van der Waals surface area contributed by atoms with Gasteiger partial charge in [0.2, 0.25) is 0 Å². The fraction of sp³-hybridized carbons (Fsp3) is 0.105. The van der Waals surface area contributed by atoms with Gasteiger partial charge in [-0.05, 0) is 48.9 Å². The van der Waals surface area contributed by atoms with Crippen LogP contribution in [0.25, 0.3) is 6.08 Å². The van der Waals surface area contributed by atoms with Gasteiger partial charge < -0.3 is 10.1 Å². The molecule has 0 aliphatic heterocycles. The first-order valence-corrected chi connectivity index (χ1v) is 8.22. The van der Waals surface area contributed by atoms with E-state index in [1.807, 2.05) is 12.1 Å². The van der Waals surface area contributed by atoms with Crippen LogP contribution in [0.2, 0.25) is 0 Å². The quantitative estimate of drug-likeness (QED) is 0.611. The lowest BCUT2D eigenvalue weighted by molar-refractivity contribution is -0.148. The Labute approximate surface area is 154 Å². The third-order valence-corrected chi connectivity index (χ3v) is 3.70. The molecule has 0 aliphatic rings. The van der Waals surface area contributed by atoms with Crippen molar-refractivity contribution in [3.05, 3.63) is 70.2 Å². The van der Waals surface area contributed by atoms with E-state index in [-0.39, 0.29) is 0 Å². The summed E-state index contributed by atoms with van der Waals surface area (Å²) in [7, 11) is 0. The van der Waals surface area contributed by atoms with Crippen LogP contribution in [0.1, 0.15) is 18.1 Å². The van der Waals surface area contributed by atoms with Gasteiger partial charge in [0.1, 0.15) is 0 Å². The summed E-state index contributed by atoms with van der Waals surface area (Å²) in [5, 5.41) is 11.4. The molecule has 126 valence electrons. The van der Waals surface area contributed by atoms with Gasteiger partial charge in [-0.2, -0.15) is 5.26 Å². The van der Waals surface area contributed by atoms with Gasteiger partial charge in [0, 0.05) is 16.2 Å². The summed E-state index contributed by atoms with van der Waals surface area (Å²) in [6, 6.07) is 15.9. The molecule has 0 saturated heterocycles. The molecule has 1 atom stereocenters. The van der Waals surface area contributed by atoms with E-state index in [1.165, 1.54) is 13.0 Å². The number of nitriles is 1. The van der Waals surface area contributed by atoms with Crippen LogP contribution < -0.4 is 5.32 Å². The van der Waals surface area contributed by atoms with E-state index < -0.39 is 18.0 Å². The van der Waals surface area contributed by atoms with Gasteiger partial charge in [-0.3, -0.25) is 4.79 Å². The lowest BCUT2D eigenvalue weighted by Gasteiger charge is -2.12. The zero-order valence-corrected chi connectivity index (χ0v) is 15.0. The van der Waals surface area contributed by atoms with Crippen molar-refractivity contribution >= 4 is 39.6 Å². The number of benzene rings is 2. The number of amides is 1. The van der Waals surface area contributed by atoms with Crippen LogP contribution >= 0.6 is 15.9 Å². The predicted molar refractivity (Wildman–Crippen MR) is 98.5 cm³/mol. The lowest BCUT2D eigenvalue weighted by atomic mass is 10.1. The molecule has 2 rings (SSSR count). The SMILES string of the molecule is C[C@@H](OC(=O)/C=C/c1ccc(C#N)cc1)C(=O)Nc1cccc(Br)c1. The number of nitrogens with one attached hydrogen (secondary N) is 1. The highest BCUT2D eigenvalue weighted by molar-refractivity contribution is 9.10. The van der Waals surface area contributed by atoms with E-state index in [0.717, 1.165) is 10.0 Å². The van der Waals surface area contributed by atoms with Crippen molar-refractivity contribution in [2.45, 2.75) is 13.0 Å². The minimum absolute atomic E-state index is 0.418. The number of halogens is 1. The normalized spacial score (nSPS) is 11.6. The zero-order chi connectivity index (χ0) is 18.2. The zero-order valence-electron chi connectivity index (χ0n) is 13.4. The van der Waals surface area contributed by atoms with Crippen LogP contribution in [0, 0.1) is 11.3 Å². The summed E-state index contributed by atoms with van der Waals surface area (Å²) in [6.07, 6.45) is 1.87. The molecule has 0 saturated carbocycles. The Morgan fingerprint density at radius 3 is 2.60 bits per heavy atom. The maximum Gasteiger partial charge on any atom is 0.331 e. The Bertz CT molecular complexity index is 838. The standard InChI is InChI=1S/C19H15BrN2O3/c1-13(19(24)22-17-4-2-3-16(20)11-17)25-18(23)10-9-14-5-7-15(12-21)8-6-14/h2-11,13H,1H3,(H,22,24)/b10-9+/t13-/m1/s1. The highest BCUT2D eigenvalue weighted by Crippen LogP contribution is 2.16. The second kappa shape index (κ2) is 8.81. The molecule has 1 N–H and O–H groups in total. The first-order chi connectivity index (χ1) is 12.0. The number of nitrogens with zero attached hydrogens (tertiary/aromatic N) is 1. The van der Waals surface area contributed by atoms with Gasteiger partial charge in [0.25, 0.3) is 5.91 Å². The Balaban J connectivity index is 1.89. The van der Waals surface area contributed by atoms with Crippen molar-refractivity contribution in [2.24, 2.45) is 0 Å². The van der Waals surface area contributed by atoms with E-state index in [2.05, 4.69) is 21.2 Å². The number of rotatable bonds is 5. The second-order valence-corrected chi connectivity index (χ2v) is 6.06. The monoisotopic (exact) mass is 398 g/mol. The van der Waals surface area contributed by atoms with Crippen molar-refractivity contribution in [1.82, 2.24) is 0 Å². The first kappa shape index (κ1) is 18.4. The smallest absolute Gasteiger partial charge is 0.331 e. The minimum Gasteiger partial charge on any atom is -0.449 e. The predicted octanol–water partition coefficient (Wildman–Crippen LogP) is 3.90. The van der Waals surface area contributed by atoms with E-state index in [4.69, 9.17) is 10.00 Å². The number of carbonyl (C=O) groups excluding carboxylic acids is 2. The molecule has 0 aliphatic carbocycles. The lowest BCUT2D eigenvalue weighted by Crippen LogP contribution is -2.29. The van der Waals surface area contributed by atoms with Crippen LogP contribution in [0.3, 0.4) is 0 Å². The molecule has 6 heteroatoms. The number of hydrogen-bond acceptors (Lipinski definition) is 4. The van der Waals surface area contributed by atoms with Crippen molar-refractivity contribution in [2.75, 3.05) is 5.32 Å². The molecule has 0 bridgehead atoms. The molecule has 1 amide bonds. The van der Waals surface area contributed by atoms with E-state index in [1.54, 1.807) is 48.5 Å². The maximum absolute atomic E-state index is 12.0. The van der Waals surface area contributed by atoms with Crippen molar-refractivity contribution < 1.29 is 14.3 Å². The molecule has 0 aromatic heterocycles. The molecule has 0 fully saturated rings. The molecule has 0 radical (unpaired) electrons. The molecular formula is C19H15BrN2O3. The molecule has 0 unspecified atom stereocenters. The van der Waals surface area contributed by atoms with Crippen LogP contribution in [0.15, 0.2) is 59.1 Å². The van der Waals surface area contributed by atoms with Gasteiger partial charge in [-0.15, -0.1) is 0 Å². The summed E-state index contributed by atoms with van der Waals surface area (Å²) in [5.41, 5.74) is 1.90. The molecule has 2 aromatic carbocycles. The molecule has 0 heterocycles. The largest absolute Gasteiger partial charge is 0.449 e. The van der Waals surface area contributed by atoms with Crippen LogP contribution in [-0.2, 0) is 14.3 Å². The van der Waals surface area contributed by atoms with Crippen molar-refractivity contribution in [3.8, 4) is 6.07 Å². The van der Waals surface area contributed by atoms with Crippen molar-refractivity contribution in [1.29, 1.82) is 5.26 Å². The first-order valence-electron chi connectivity index (χ1n) is 7.43. The number of anilines is 1. The average molecular weight is 399 g/mol. The summed E-state index contributed by atoms with van der Waals surface area (Å²) in [4.78, 5) is 23.9. The number of carbonyl (C=O) groups is 2. The summed E-state index contributed by atoms with van der Waals surface area (Å²) in [5.74, 6) is -1.04. The highest BCUT2D eigenvalue weighted by Gasteiger charge is 2.16. The van der Waals surface area contributed by atoms with Gasteiger partial charge >= 0.3 is 5.97 Å². The van der Waals surface area contributed by atoms with Crippen LogP contribution in [-0.4, -0.2) is 18.0 Å². The van der Waals surface area contributed by atoms with Crippen LogP contribution in [0.5, 0.6) is 0 Å². The van der Waals surface area contributed by atoms with E-state index >= 15 is 0 Å². The van der Waals surface area contributed by atoms with E-state index in [0.29, 0.717) is 11.3 Å². The second-order valence-electron chi connectivity index (χ2n) is 5.15. The molecule has 5 nitrogen and oxygen atoms in total. The van der Waals surface area contributed by atoms with Gasteiger partial charge in [-0.25, -0.2) is 4.79 Å². The molecular weight excluding hydrogens is 384 g/mol. The number of esters is 1. The van der Waals surface area contributed by atoms with Gasteiger partial charge in [-0.1, -0.05) is 34.1 Å². The summed E-state index contributed by atoms with van der Waals surface area (Å²) in [6.45, 7) is 1.50. The number of hydrogen-bond donors (Lipinski definition) is 1.